The summed E-state index contributed by atoms with van der Waals surface area (Å²) in [6.07, 6.45) is 3.89. The fraction of sp³-hybridized carbons (Fsp3) is 0.294. The summed E-state index contributed by atoms with van der Waals surface area (Å²) in [6, 6.07) is 9.94. The molecule has 0 radical (unpaired) electrons. The zero-order valence-corrected chi connectivity index (χ0v) is 13.8. The van der Waals surface area contributed by atoms with Crippen LogP contribution in [0.1, 0.15) is 17.8 Å². The minimum absolute atomic E-state index is 0.0796. The molecule has 2 aromatic heterocycles. The molecule has 0 unspecified atom stereocenters. The van der Waals surface area contributed by atoms with Crippen LogP contribution in [-0.2, 0) is 11.3 Å². The summed E-state index contributed by atoms with van der Waals surface area (Å²) in [5, 5.41) is 11.3. The SMILES string of the molecule is Cc1nnc2c(NCCC(=O)N(C)Cc3ccccc3)nccn12. The number of hydrogen-bond acceptors (Lipinski definition) is 5. The van der Waals surface area contributed by atoms with E-state index in [4.69, 9.17) is 0 Å². The average Bonchev–Trinajstić information content (AvgIpc) is 2.98. The van der Waals surface area contributed by atoms with Gasteiger partial charge in [0.25, 0.3) is 0 Å². The normalized spacial score (nSPS) is 10.8. The number of benzene rings is 1. The molecule has 0 aliphatic carbocycles. The predicted molar refractivity (Wildman–Crippen MR) is 91.5 cm³/mol. The van der Waals surface area contributed by atoms with Crippen molar-refractivity contribution in [1.29, 1.82) is 0 Å². The summed E-state index contributed by atoms with van der Waals surface area (Å²) in [5.74, 6) is 1.52. The molecule has 0 aliphatic heterocycles. The minimum atomic E-state index is 0.0796. The number of aromatic nitrogens is 4. The minimum Gasteiger partial charge on any atom is -0.366 e. The Kier molecular flexibility index (Phi) is 4.69. The first-order valence-electron chi connectivity index (χ1n) is 7.83. The highest BCUT2D eigenvalue weighted by Gasteiger charge is 2.11. The molecule has 1 amide bonds. The van der Waals surface area contributed by atoms with E-state index in [0.717, 1.165) is 11.4 Å². The van der Waals surface area contributed by atoms with Crippen molar-refractivity contribution in [3.05, 3.63) is 54.1 Å². The number of rotatable bonds is 6. The molecule has 3 rings (SSSR count). The number of fused-ring (bicyclic) bond motifs is 1. The lowest BCUT2D eigenvalue weighted by molar-refractivity contribution is -0.130. The number of anilines is 1. The van der Waals surface area contributed by atoms with E-state index in [2.05, 4.69) is 20.5 Å². The third kappa shape index (κ3) is 3.51. The molecule has 0 bridgehead atoms. The van der Waals surface area contributed by atoms with Crippen LogP contribution in [0.2, 0.25) is 0 Å². The van der Waals surface area contributed by atoms with Gasteiger partial charge >= 0.3 is 0 Å². The fourth-order valence-corrected chi connectivity index (χ4v) is 2.49. The van der Waals surface area contributed by atoms with Crippen molar-refractivity contribution in [2.24, 2.45) is 0 Å². The third-order valence-electron chi connectivity index (χ3n) is 3.82. The van der Waals surface area contributed by atoms with E-state index in [1.807, 2.05) is 54.9 Å². The second kappa shape index (κ2) is 7.08. The molecular formula is C17H20N6O. The smallest absolute Gasteiger partial charge is 0.224 e. The first kappa shape index (κ1) is 15.9. The molecule has 3 aromatic rings. The Morgan fingerprint density at radius 1 is 1.25 bits per heavy atom. The van der Waals surface area contributed by atoms with Crippen LogP contribution < -0.4 is 5.32 Å². The molecule has 0 aliphatic rings. The first-order valence-corrected chi connectivity index (χ1v) is 7.83. The summed E-state index contributed by atoms with van der Waals surface area (Å²) in [4.78, 5) is 18.2. The number of carbonyl (C=O) groups excluding carboxylic acids is 1. The molecule has 124 valence electrons. The van der Waals surface area contributed by atoms with Gasteiger partial charge in [-0.1, -0.05) is 30.3 Å². The van der Waals surface area contributed by atoms with Crippen LogP contribution in [0.25, 0.3) is 5.65 Å². The number of carbonyl (C=O) groups is 1. The van der Waals surface area contributed by atoms with Gasteiger partial charge in [0.05, 0.1) is 0 Å². The quantitative estimate of drug-likeness (QED) is 0.749. The number of nitrogens with zero attached hydrogens (tertiary/aromatic N) is 5. The Labute approximate surface area is 140 Å². The molecule has 2 heterocycles. The highest BCUT2D eigenvalue weighted by molar-refractivity contribution is 5.76. The van der Waals surface area contributed by atoms with Gasteiger partial charge in [-0.3, -0.25) is 9.20 Å². The van der Waals surface area contributed by atoms with E-state index >= 15 is 0 Å². The van der Waals surface area contributed by atoms with Crippen LogP contribution in [0.5, 0.6) is 0 Å². The predicted octanol–water partition coefficient (Wildman–Crippen LogP) is 1.89. The number of nitrogens with one attached hydrogen (secondary N) is 1. The van der Waals surface area contributed by atoms with Gasteiger partial charge in [0, 0.05) is 39.0 Å². The molecule has 0 saturated heterocycles. The molecular weight excluding hydrogens is 304 g/mol. The van der Waals surface area contributed by atoms with E-state index in [-0.39, 0.29) is 5.91 Å². The summed E-state index contributed by atoms with van der Waals surface area (Å²) in [7, 11) is 1.82. The van der Waals surface area contributed by atoms with E-state index < -0.39 is 0 Å². The summed E-state index contributed by atoms with van der Waals surface area (Å²) < 4.78 is 1.86. The van der Waals surface area contributed by atoms with Crippen LogP contribution in [-0.4, -0.2) is 44.0 Å². The van der Waals surface area contributed by atoms with Gasteiger partial charge in [-0.05, 0) is 12.5 Å². The second-order valence-electron chi connectivity index (χ2n) is 5.63. The Balaban J connectivity index is 1.54. The van der Waals surface area contributed by atoms with E-state index in [1.165, 1.54) is 0 Å². The van der Waals surface area contributed by atoms with Crippen molar-refractivity contribution < 1.29 is 4.79 Å². The van der Waals surface area contributed by atoms with E-state index in [1.54, 1.807) is 11.1 Å². The van der Waals surface area contributed by atoms with Gasteiger partial charge in [-0.25, -0.2) is 4.98 Å². The van der Waals surface area contributed by atoms with Crippen LogP contribution in [0.3, 0.4) is 0 Å². The Morgan fingerprint density at radius 2 is 2.04 bits per heavy atom. The lowest BCUT2D eigenvalue weighted by Gasteiger charge is -2.17. The van der Waals surface area contributed by atoms with Crippen molar-refractivity contribution in [3.63, 3.8) is 0 Å². The maximum Gasteiger partial charge on any atom is 0.224 e. The first-order chi connectivity index (χ1) is 11.6. The monoisotopic (exact) mass is 324 g/mol. The highest BCUT2D eigenvalue weighted by Crippen LogP contribution is 2.12. The largest absolute Gasteiger partial charge is 0.366 e. The maximum absolute atomic E-state index is 12.2. The molecule has 0 atom stereocenters. The second-order valence-corrected chi connectivity index (χ2v) is 5.63. The van der Waals surface area contributed by atoms with Crippen LogP contribution in [0.15, 0.2) is 42.7 Å². The van der Waals surface area contributed by atoms with Gasteiger partial charge < -0.3 is 10.2 Å². The molecule has 7 nitrogen and oxygen atoms in total. The number of aryl methyl sites for hydroxylation is 1. The molecule has 0 spiro atoms. The van der Waals surface area contributed by atoms with Crippen LogP contribution in [0.4, 0.5) is 5.82 Å². The topological polar surface area (TPSA) is 75.4 Å². The molecule has 1 aromatic carbocycles. The average molecular weight is 324 g/mol. The van der Waals surface area contributed by atoms with Crippen LogP contribution >= 0.6 is 0 Å². The molecule has 0 saturated carbocycles. The van der Waals surface area contributed by atoms with Crippen molar-refractivity contribution in [2.75, 3.05) is 18.9 Å². The number of amides is 1. The fourth-order valence-electron chi connectivity index (χ4n) is 2.49. The maximum atomic E-state index is 12.2. The summed E-state index contributed by atoms with van der Waals surface area (Å²) in [5.41, 5.74) is 1.78. The molecule has 1 N–H and O–H groups in total. The van der Waals surface area contributed by atoms with Crippen molar-refractivity contribution in [2.45, 2.75) is 19.9 Å². The van der Waals surface area contributed by atoms with Gasteiger partial charge in [0.15, 0.2) is 5.82 Å². The molecule has 7 heteroatoms. The lowest BCUT2D eigenvalue weighted by Crippen LogP contribution is -2.27. The molecule has 0 fully saturated rings. The van der Waals surface area contributed by atoms with Gasteiger partial charge in [0.2, 0.25) is 11.6 Å². The van der Waals surface area contributed by atoms with Crippen LogP contribution in [0, 0.1) is 6.92 Å². The van der Waals surface area contributed by atoms with E-state index in [0.29, 0.717) is 31.0 Å². The Bertz CT molecular complexity index is 829. The van der Waals surface area contributed by atoms with Gasteiger partial charge in [0.1, 0.15) is 5.82 Å². The standard InChI is InChI=1S/C17H20N6O/c1-13-20-21-17-16(19-10-11-23(13)17)18-9-8-15(24)22(2)12-14-6-4-3-5-7-14/h3-7,10-11H,8-9,12H2,1-2H3,(H,18,19). The van der Waals surface area contributed by atoms with E-state index in [9.17, 15) is 4.79 Å². The Hall–Kier alpha value is -2.96. The number of hydrogen-bond donors (Lipinski definition) is 1. The van der Waals surface area contributed by atoms with Crippen molar-refractivity contribution >= 4 is 17.4 Å². The highest BCUT2D eigenvalue weighted by atomic mass is 16.2. The Morgan fingerprint density at radius 3 is 2.83 bits per heavy atom. The molecule has 24 heavy (non-hydrogen) atoms. The van der Waals surface area contributed by atoms with Gasteiger partial charge in [-0.15, -0.1) is 10.2 Å². The summed E-state index contributed by atoms with van der Waals surface area (Å²) in [6.45, 7) is 2.99. The van der Waals surface area contributed by atoms with Gasteiger partial charge in [-0.2, -0.15) is 0 Å². The lowest BCUT2D eigenvalue weighted by atomic mass is 10.2. The summed E-state index contributed by atoms with van der Waals surface area (Å²) >= 11 is 0. The zero-order valence-electron chi connectivity index (χ0n) is 13.8. The third-order valence-corrected chi connectivity index (χ3v) is 3.82. The van der Waals surface area contributed by atoms with Crippen molar-refractivity contribution in [1.82, 2.24) is 24.5 Å². The van der Waals surface area contributed by atoms with Crippen molar-refractivity contribution in [3.8, 4) is 0 Å². The zero-order chi connectivity index (χ0) is 16.9.